The second-order valence-corrected chi connectivity index (χ2v) is 6.31. The summed E-state index contributed by atoms with van der Waals surface area (Å²) in [5.41, 5.74) is 1.13. The SMILES string of the molecule is CCOc1ccccc1C1CS(=O)CCC(C)N1. The van der Waals surface area contributed by atoms with Gasteiger partial charge in [0.1, 0.15) is 5.75 Å². The Balaban J connectivity index is 2.25. The van der Waals surface area contributed by atoms with Gasteiger partial charge in [0.15, 0.2) is 0 Å². The number of benzene rings is 1. The predicted octanol–water partition coefficient (Wildman–Crippen LogP) is 2.26. The molecule has 3 unspecified atom stereocenters. The van der Waals surface area contributed by atoms with E-state index in [0.717, 1.165) is 23.5 Å². The van der Waals surface area contributed by atoms with Crippen molar-refractivity contribution in [2.24, 2.45) is 0 Å². The third-order valence-corrected chi connectivity index (χ3v) is 4.61. The summed E-state index contributed by atoms with van der Waals surface area (Å²) in [6, 6.07) is 8.57. The lowest BCUT2D eigenvalue weighted by atomic mass is 10.1. The van der Waals surface area contributed by atoms with Gasteiger partial charge in [-0.3, -0.25) is 4.21 Å². The first-order valence-corrected chi connectivity index (χ1v) is 8.02. The standard InChI is InChI=1S/C14H21NO2S/c1-3-17-14-7-5-4-6-12(14)13-10-18(16)9-8-11(2)15-13/h4-7,11,13,15H,3,8-10H2,1-2H3. The fourth-order valence-electron chi connectivity index (χ4n) is 2.29. The molecule has 1 N–H and O–H groups in total. The second-order valence-electron chi connectivity index (χ2n) is 4.69. The Kier molecular flexibility index (Phi) is 4.78. The van der Waals surface area contributed by atoms with Crippen LogP contribution in [0.5, 0.6) is 5.75 Å². The van der Waals surface area contributed by atoms with Crippen LogP contribution in [0.2, 0.25) is 0 Å². The van der Waals surface area contributed by atoms with Gasteiger partial charge in [0, 0.05) is 40.0 Å². The maximum absolute atomic E-state index is 11.9. The molecule has 0 amide bonds. The van der Waals surface area contributed by atoms with Gasteiger partial charge >= 0.3 is 0 Å². The quantitative estimate of drug-likeness (QED) is 0.913. The highest BCUT2D eigenvalue weighted by atomic mass is 32.2. The highest BCUT2D eigenvalue weighted by Crippen LogP contribution is 2.27. The van der Waals surface area contributed by atoms with Crippen LogP contribution in [-0.2, 0) is 10.8 Å². The minimum atomic E-state index is -0.739. The van der Waals surface area contributed by atoms with Crippen molar-refractivity contribution in [2.75, 3.05) is 18.1 Å². The fourth-order valence-corrected chi connectivity index (χ4v) is 3.72. The zero-order valence-corrected chi connectivity index (χ0v) is 11.8. The van der Waals surface area contributed by atoms with Crippen molar-refractivity contribution in [2.45, 2.75) is 32.4 Å². The zero-order chi connectivity index (χ0) is 13.0. The van der Waals surface area contributed by atoms with E-state index in [1.807, 2.05) is 25.1 Å². The number of ether oxygens (including phenoxy) is 1. The lowest BCUT2D eigenvalue weighted by Crippen LogP contribution is -2.30. The highest BCUT2D eigenvalue weighted by molar-refractivity contribution is 7.85. The Morgan fingerprint density at radius 1 is 1.44 bits per heavy atom. The molecule has 0 radical (unpaired) electrons. The highest BCUT2D eigenvalue weighted by Gasteiger charge is 2.23. The minimum absolute atomic E-state index is 0.131. The Bertz CT molecular complexity index is 422. The summed E-state index contributed by atoms with van der Waals surface area (Å²) in [6.07, 6.45) is 0.972. The van der Waals surface area contributed by atoms with Crippen LogP contribution in [0.25, 0.3) is 0 Å². The second kappa shape index (κ2) is 6.34. The summed E-state index contributed by atoms with van der Waals surface area (Å²) >= 11 is 0. The molecule has 3 atom stereocenters. The van der Waals surface area contributed by atoms with Crippen LogP contribution in [0.1, 0.15) is 31.9 Å². The minimum Gasteiger partial charge on any atom is -0.494 e. The van der Waals surface area contributed by atoms with E-state index in [1.54, 1.807) is 0 Å². The molecule has 0 spiro atoms. The molecule has 1 aliphatic heterocycles. The number of hydrogen-bond acceptors (Lipinski definition) is 3. The topological polar surface area (TPSA) is 38.3 Å². The van der Waals surface area contributed by atoms with Crippen molar-refractivity contribution in [3.63, 3.8) is 0 Å². The number of para-hydroxylation sites is 1. The molecule has 1 heterocycles. The van der Waals surface area contributed by atoms with Crippen molar-refractivity contribution < 1.29 is 8.95 Å². The van der Waals surface area contributed by atoms with Gasteiger partial charge in [-0.1, -0.05) is 18.2 Å². The molecule has 1 aromatic carbocycles. The third kappa shape index (κ3) is 3.33. The summed E-state index contributed by atoms with van der Waals surface area (Å²) < 4.78 is 17.6. The molecular formula is C14H21NO2S. The lowest BCUT2D eigenvalue weighted by Gasteiger charge is -2.21. The van der Waals surface area contributed by atoms with Crippen LogP contribution in [-0.4, -0.2) is 28.4 Å². The Morgan fingerprint density at radius 2 is 2.22 bits per heavy atom. The van der Waals surface area contributed by atoms with Gasteiger partial charge in [0.2, 0.25) is 0 Å². The Hall–Kier alpha value is -0.870. The summed E-state index contributed by atoms with van der Waals surface area (Å²) in [4.78, 5) is 0. The van der Waals surface area contributed by atoms with E-state index < -0.39 is 10.8 Å². The molecule has 100 valence electrons. The summed E-state index contributed by atoms with van der Waals surface area (Å²) in [7, 11) is -0.739. The monoisotopic (exact) mass is 267 g/mol. The number of nitrogens with one attached hydrogen (secondary N) is 1. The molecule has 0 saturated carbocycles. The van der Waals surface area contributed by atoms with Gasteiger partial charge in [0.05, 0.1) is 6.61 Å². The molecule has 4 heteroatoms. The molecule has 1 fully saturated rings. The lowest BCUT2D eigenvalue weighted by molar-refractivity contribution is 0.331. The van der Waals surface area contributed by atoms with Crippen molar-refractivity contribution in [1.29, 1.82) is 0 Å². The number of rotatable bonds is 3. The van der Waals surface area contributed by atoms with Crippen LogP contribution in [0.15, 0.2) is 24.3 Å². The fraction of sp³-hybridized carbons (Fsp3) is 0.571. The molecule has 0 aliphatic carbocycles. The summed E-state index contributed by atoms with van der Waals surface area (Å²) in [6.45, 7) is 4.79. The van der Waals surface area contributed by atoms with E-state index in [4.69, 9.17) is 4.74 Å². The first-order valence-electron chi connectivity index (χ1n) is 6.53. The van der Waals surface area contributed by atoms with E-state index >= 15 is 0 Å². The van der Waals surface area contributed by atoms with E-state index in [9.17, 15) is 4.21 Å². The molecule has 0 bridgehead atoms. The maximum atomic E-state index is 11.9. The van der Waals surface area contributed by atoms with Crippen LogP contribution >= 0.6 is 0 Å². The van der Waals surface area contributed by atoms with Crippen LogP contribution < -0.4 is 10.1 Å². The zero-order valence-electron chi connectivity index (χ0n) is 11.0. The molecule has 3 nitrogen and oxygen atoms in total. The van der Waals surface area contributed by atoms with Crippen molar-refractivity contribution in [3.05, 3.63) is 29.8 Å². The normalized spacial score (nSPS) is 28.7. The predicted molar refractivity (Wildman–Crippen MR) is 75.4 cm³/mol. The third-order valence-electron chi connectivity index (χ3n) is 3.21. The van der Waals surface area contributed by atoms with Crippen LogP contribution in [0, 0.1) is 0 Å². The van der Waals surface area contributed by atoms with Crippen LogP contribution in [0.3, 0.4) is 0 Å². The van der Waals surface area contributed by atoms with Gasteiger partial charge < -0.3 is 10.1 Å². The van der Waals surface area contributed by atoms with E-state index in [0.29, 0.717) is 18.4 Å². The first kappa shape index (κ1) is 13.6. The Morgan fingerprint density at radius 3 is 3.00 bits per heavy atom. The molecular weight excluding hydrogens is 246 g/mol. The average molecular weight is 267 g/mol. The van der Waals surface area contributed by atoms with Gasteiger partial charge in [-0.25, -0.2) is 0 Å². The molecule has 18 heavy (non-hydrogen) atoms. The van der Waals surface area contributed by atoms with Gasteiger partial charge in [-0.05, 0) is 26.3 Å². The van der Waals surface area contributed by atoms with Crippen LogP contribution in [0.4, 0.5) is 0 Å². The first-order chi connectivity index (χ1) is 8.70. The smallest absolute Gasteiger partial charge is 0.124 e. The largest absolute Gasteiger partial charge is 0.494 e. The maximum Gasteiger partial charge on any atom is 0.124 e. The molecule has 1 aliphatic rings. The van der Waals surface area contributed by atoms with Crippen molar-refractivity contribution >= 4 is 10.8 Å². The van der Waals surface area contributed by atoms with Crippen molar-refractivity contribution in [1.82, 2.24) is 5.32 Å². The van der Waals surface area contributed by atoms with Crippen molar-refractivity contribution in [3.8, 4) is 5.75 Å². The Labute approximate surface area is 111 Å². The average Bonchev–Trinajstić information content (AvgIpc) is 2.52. The van der Waals surface area contributed by atoms with E-state index in [-0.39, 0.29) is 6.04 Å². The number of hydrogen-bond donors (Lipinski definition) is 1. The molecule has 0 aromatic heterocycles. The van der Waals surface area contributed by atoms with Gasteiger partial charge in [-0.15, -0.1) is 0 Å². The summed E-state index contributed by atoms with van der Waals surface area (Å²) in [5, 5.41) is 3.55. The molecule has 1 aromatic rings. The summed E-state index contributed by atoms with van der Waals surface area (Å²) in [5.74, 6) is 2.37. The van der Waals surface area contributed by atoms with E-state index in [1.165, 1.54) is 0 Å². The molecule has 2 rings (SSSR count). The van der Waals surface area contributed by atoms with E-state index in [2.05, 4.69) is 18.3 Å². The van der Waals surface area contributed by atoms with Gasteiger partial charge in [-0.2, -0.15) is 0 Å². The molecule has 1 saturated heterocycles. The van der Waals surface area contributed by atoms with Gasteiger partial charge in [0.25, 0.3) is 0 Å².